The third kappa shape index (κ3) is 5.08. The number of rotatable bonds is 5. The Kier molecular flexibility index (Phi) is 6.77. The lowest BCUT2D eigenvalue weighted by Gasteiger charge is -2.25. The molecule has 1 fully saturated rings. The van der Waals surface area contributed by atoms with E-state index in [0.29, 0.717) is 40.3 Å². The topological polar surface area (TPSA) is 92.0 Å². The fraction of sp³-hybridized carbons (Fsp3) is 0.292. The van der Waals surface area contributed by atoms with E-state index in [-0.39, 0.29) is 23.8 Å². The first-order valence-electron chi connectivity index (χ1n) is 10.4. The van der Waals surface area contributed by atoms with Crippen LogP contribution >= 0.6 is 23.2 Å². The molecule has 0 N–H and O–H groups in total. The van der Waals surface area contributed by atoms with Crippen molar-refractivity contribution in [1.29, 1.82) is 5.26 Å². The number of carbonyl (C=O) groups is 1. The standard InChI is InChI=1S/C24H21Cl2N5O2/c1-14-9-29-22(11-28-14)24(32)31-12-18(15(2)33-23-6-3-16(8-27)10-30-23)19(13-31)17-4-5-20(25)21(26)7-17/h3-7,9-11,15,18-19H,12-13H2,1-2H3. The minimum Gasteiger partial charge on any atom is -0.474 e. The summed E-state index contributed by atoms with van der Waals surface area (Å²) < 4.78 is 6.11. The molecule has 3 unspecified atom stereocenters. The average molecular weight is 482 g/mol. The smallest absolute Gasteiger partial charge is 0.274 e. The van der Waals surface area contributed by atoms with Crippen LogP contribution in [-0.4, -0.2) is 45.0 Å². The number of hydrogen-bond acceptors (Lipinski definition) is 6. The number of amides is 1. The fourth-order valence-electron chi connectivity index (χ4n) is 4.03. The van der Waals surface area contributed by atoms with Crippen molar-refractivity contribution >= 4 is 29.1 Å². The maximum Gasteiger partial charge on any atom is 0.274 e. The molecule has 3 atom stereocenters. The van der Waals surface area contributed by atoms with Gasteiger partial charge in [-0.2, -0.15) is 5.26 Å². The number of nitrogens with zero attached hydrogens (tertiary/aromatic N) is 5. The molecule has 1 amide bonds. The molecule has 3 heterocycles. The lowest BCUT2D eigenvalue weighted by Crippen LogP contribution is -2.32. The van der Waals surface area contributed by atoms with Gasteiger partial charge in [-0.1, -0.05) is 29.3 Å². The monoisotopic (exact) mass is 481 g/mol. The quantitative estimate of drug-likeness (QED) is 0.525. The number of halogens is 2. The van der Waals surface area contributed by atoms with Gasteiger partial charge in [0.2, 0.25) is 5.88 Å². The van der Waals surface area contributed by atoms with E-state index in [0.717, 1.165) is 11.3 Å². The second kappa shape index (κ2) is 9.74. The molecule has 4 rings (SSSR count). The summed E-state index contributed by atoms with van der Waals surface area (Å²) in [5, 5.41) is 9.92. The zero-order chi connectivity index (χ0) is 23.5. The molecule has 1 aliphatic heterocycles. The zero-order valence-corrected chi connectivity index (χ0v) is 19.6. The molecule has 33 heavy (non-hydrogen) atoms. The summed E-state index contributed by atoms with van der Waals surface area (Å²) in [6.07, 6.45) is 4.28. The Morgan fingerprint density at radius 2 is 1.94 bits per heavy atom. The Morgan fingerprint density at radius 1 is 1.12 bits per heavy atom. The summed E-state index contributed by atoms with van der Waals surface area (Å²) in [5.74, 6) is 0.167. The molecule has 0 saturated carbocycles. The lowest BCUT2D eigenvalue weighted by atomic mass is 9.86. The van der Waals surface area contributed by atoms with Crippen LogP contribution in [0.5, 0.6) is 5.88 Å². The van der Waals surface area contributed by atoms with Crippen molar-refractivity contribution in [2.75, 3.05) is 13.1 Å². The van der Waals surface area contributed by atoms with Crippen LogP contribution in [0.4, 0.5) is 0 Å². The third-order valence-electron chi connectivity index (χ3n) is 5.80. The van der Waals surface area contributed by atoms with Crippen LogP contribution in [-0.2, 0) is 0 Å². The largest absolute Gasteiger partial charge is 0.474 e. The number of carbonyl (C=O) groups excluding carboxylic acids is 1. The Balaban J connectivity index is 1.60. The SMILES string of the molecule is Cc1cnc(C(=O)N2CC(c3ccc(Cl)c(Cl)c3)C(C(C)Oc3ccc(C#N)cn3)C2)cn1. The van der Waals surface area contributed by atoms with Crippen LogP contribution in [0.3, 0.4) is 0 Å². The molecule has 9 heteroatoms. The van der Waals surface area contributed by atoms with Crippen molar-refractivity contribution in [2.24, 2.45) is 5.92 Å². The number of hydrogen-bond donors (Lipinski definition) is 0. The molecule has 168 valence electrons. The Hall–Kier alpha value is -3.21. The van der Waals surface area contributed by atoms with Crippen molar-refractivity contribution in [3.05, 3.63) is 81.5 Å². The number of ether oxygens (including phenoxy) is 1. The highest BCUT2D eigenvalue weighted by Gasteiger charge is 2.41. The maximum atomic E-state index is 13.1. The summed E-state index contributed by atoms with van der Waals surface area (Å²) in [5.41, 5.74) is 2.48. The molecule has 1 aliphatic rings. The highest BCUT2D eigenvalue weighted by molar-refractivity contribution is 6.42. The molecular formula is C24H21Cl2N5O2. The number of pyridine rings is 1. The summed E-state index contributed by atoms with van der Waals surface area (Å²) in [4.78, 5) is 27.6. The van der Waals surface area contributed by atoms with Gasteiger partial charge in [-0.05, 0) is 37.6 Å². The number of likely N-dealkylation sites (tertiary alicyclic amines) is 1. The number of aryl methyl sites for hydroxylation is 1. The average Bonchev–Trinajstić information content (AvgIpc) is 3.27. The van der Waals surface area contributed by atoms with Gasteiger partial charge < -0.3 is 9.64 Å². The summed E-state index contributed by atoms with van der Waals surface area (Å²) in [6, 6.07) is 10.9. The summed E-state index contributed by atoms with van der Waals surface area (Å²) in [7, 11) is 0. The van der Waals surface area contributed by atoms with E-state index in [1.807, 2.05) is 32.0 Å². The van der Waals surface area contributed by atoms with E-state index in [2.05, 4.69) is 15.0 Å². The van der Waals surface area contributed by atoms with Crippen LogP contribution < -0.4 is 4.74 Å². The second-order valence-corrected chi connectivity index (χ2v) is 8.83. The number of aromatic nitrogens is 3. The van der Waals surface area contributed by atoms with Crippen molar-refractivity contribution in [1.82, 2.24) is 19.9 Å². The van der Waals surface area contributed by atoms with Gasteiger partial charge in [-0.25, -0.2) is 9.97 Å². The normalized spacial score (nSPS) is 18.6. The molecule has 0 spiro atoms. The van der Waals surface area contributed by atoms with Gasteiger partial charge >= 0.3 is 0 Å². The van der Waals surface area contributed by atoms with Crippen molar-refractivity contribution in [3.8, 4) is 11.9 Å². The molecule has 0 bridgehead atoms. The third-order valence-corrected chi connectivity index (χ3v) is 6.54. The first kappa shape index (κ1) is 23.0. The van der Waals surface area contributed by atoms with E-state index >= 15 is 0 Å². The molecule has 1 aromatic carbocycles. The molecule has 0 aliphatic carbocycles. The molecule has 2 aromatic heterocycles. The van der Waals surface area contributed by atoms with Crippen LogP contribution in [0.2, 0.25) is 10.0 Å². The zero-order valence-electron chi connectivity index (χ0n) is 18.1. The molecule has 0 radical (unpaired) electrons. The van der Waals surface area contributed by atoms with Gasteiger partial charge in [0.15, 0.2) is 0 Å². The van der Waals surface area contributed by atoms with Crippen molar-refractivity contribution in [2.45, 2.75) is 25.9 Å². The van der Waals surface area contributed by atoms with E-state index < -0.39 is 0 Å². The van der Waals surface area contributed by atoms with Gasteiger partial charge in [0, 0.05) is 43.4 Å². The Bertz CT molecular complexity index is 1190. The predicted octanol–water partition coefficient (Wildman–Crippen LogP) is 4.68. The van der Waals surface area contributed by atoms with E-state index in [1.165, 1.54) is 12.4 Å². The maximum absolute atomic E-state index is 13.1. The number of benzene rings is 1. The van der Waals surface area contributed by atoms with Crippen LogP contribution in [0, 0.1) is 24.2 Å². The molecule has 3 aromatic rings. The van der Waals surface area contributed by atoms with Crippen LogP contribution in [0.1, 0.15) is 40.2 Å². The highest BCUT2D eigenvalue weighted by Crippen LogP contribution is 2.38. The number of nitriles is 1. The van der Waals surface area contributed by atoms with E-state index in [4.69, 9.17) is 33.2 Å². The van der Waals surface area contributed by atoms with Gasteiger partial charge in [0.05, 0.1) is 27.5 Å². The van der Waals surface area contributed by atoms with E-state index in [9.17, 15) is 4.79 Å². The van der Waals surface area contributed by atoms with E-state index in [1.54, 1.807) is 29.3 Å². The first-order chi connectivity index (χ1) is 15.9. The first-order valence-corrected chi connectivity index (χ1v) is 11.2. The Labute approximate surface area is 202 Å². The van der Waals surface area contributed by atoms with Crippen LogP contribution in [0.25, 0.3) is 0 Å². The van der Waals surface area contributed by atoms with Gasteiger partial charge in [0.1, 0.15) is 17.9 Å². The molecule has 1 saturated heterocycles. The lowest BCUT2D eigenvalue weighted by molar-refractivity contribution is 0.0763. The highest BCUT2D eigenvalue weighted by atomic mass is 35.5. The fourth-order valence-corrected chi connectivity index (χ4v) is 4.33. The summed E-state index contributed by atoms with van der Waals surface area (Å²) in [6.45, 7) is 4.72. The van der Waals surface area contributed by atoms with Gasteiger partial charge in [-0.15, -0.1) is 0 Å². The molecular weight excluding hydrogens is 461 g/mol. The minimum absolute atomic E-state index is 0.0319. The predicted molar refractivity (Wildman–Crippen MR) is 124 cm³/mol. The van der Waals surface area contributed by atoms with Gasteiger partial charge in [0.25, 0.3) is 5.91 Å². The van der Waals surface area contributed by atoms with Crippen molar-refractivity contribution in [3.63, 3.8) is 0 Å². The summed E-state index contributed by atoms with van der Waals surface area (Å²) >= 11 is 12.4. The second-order valence-electron chi connectivity index (χ2n) is 8.02. The Morgan fingerprint density at radius 3 is 2.58 bits per heavy atom. The molecule has 7 nitrogen and oxygen atoms in total. The van der Waals surface area contributed by atoms with Crippen LogP contribution in [0.15, 0.2) is 48.9 Å². The minimum atomic E-state index is -0.271. The van der Waals surface area contributed by atoms with Gasteiger partial charge in [-0.3, -0.25) is 9.78 Å². The van der Waals surface area contributed by atoms with Crippen molar-refractivity contribution < 1.29 is 9.53 Å².